The molecular weight excluding hydrogens is 449 g/mol. The number of ether oxygens (including phenoxy) is 1. The van der Waals surface area contributed by atoms with Crippen LogP contribution < -0.4 is 15.8 Å². The number of pyridine rings is 1. The van der Waals surface area contributed by atoms with E-state index in [0.29, 0.717) is 0 Å². The Bertz CT molecular complexity index is 1390. The Labute approximate surface area is 191 Å². The first kappa shape index (κ1) is 21.7. The molecule has 0 bridgehead atoms. The number of amides is 1. The summed E-state index contributed by atoms with van der Waals surface area (Å²) in [6.45, 7) is 0. The molecule has 0 saturated heterocycles. The standard InChI is InChI=1S/C23H19F3N6O2/c1-34-22-15(21(33)31-17-8-14(17)12-5-3-2-4-6-12)7-13(10-28-22)18-9-16(23(24,25)26)19-20(27)29-11-30-32(18)19/h2-7,9-11,14,17H,8H2,1H3,(H,31,33)(H2,27,29,30)/t14?,17-/m0/s1. The van der Waals surface area contributed by atoms with Gasteiger partial charge in [-0.2, -0.15) is 18.3 Å². The van der Waals surface area contributed by atoms with Gasteiger partial charge in [0.05, 0.1) is 18.4 Å². The van der Waals surface area contributed by atoms with Crippen molar-refractivity contribution in [2.75, 3.05) is 12.8 Å². The zero-order chi connectivity index (χ0) is 24.0. The van der Waals surface area contributed by atoms with Crippen LogP contribution in [0.15, 0.2) is 55.0 Å². The molecule has 0 radical (unpaired) electrons. The van der Waals surface area contributed by atoms with Crippen LogP contribution in [0.3, 0.4) is 0 Å². The molecule has 1 saturated carbocycles. The number of hydrogen-bond acceptors (Lipinski definition) is 6. The molecule has 1 aliphatic carbocycles. The fourth-order valence-electron chi connectivity index (χ4n) is 4.08. The van der Waals surface area contributed by atoms with Gasteiger partial charge < -0.3 is 15.8 Å². The van der Waals surface area contributed by atoms with Crippen LogP contribution in [0.1, 0.15) is 33.8 Å². The molecule has 8 nitrogen and oxygen atoms in total. The van der Waals surface area contributed by atoms with E-state index in [0.717, 1.165) is 28.9 Å². The van der Waals surface area contributed by atoms with Crippen LogP contribution >= 0.6 is 0 Å². The minimum absolute atomic E-state index is 0.0539. The van der Waals surface area contributed by atoms with E-state index in [1.54, 1.807) is 0 Å². The zero-order valence-electron chi connectivity index (χ0n) is 17.9. The fourth-order valence-corrected chi connectivity index (χ4v) is 4.08. The van der Waals surface area contributed by atoms with Crippen LogP contribution in [-0.2, 0) is 6.18 Å². The van der Waals surface area contributed by atoms with Crippen molar-refractivity contribution in [3.63, 3.8) is 0 Å². The molecule has 11 heteroatoms. The number of rotatable bonds is 5. The molecule has 0 aliphatic heterocycles. The summed E-state index contributed by atoms with van der Waals surface area (Å²) in [4.78, 5) is 20.9. The summed E-state index contributed by atoms with van der Waals surface area (Å²) in [5.41, 5.74) is 5.91. The van der Waals surface area contributed by atoms with Crippen LogP contribution in [-0.4, -0.2) is 38.6 Å². The average Bonchev–Trinajstić information content (AvgIpc) is 3.46. The van der Waals surface area contributed by atoms with E-state index < -0.39 is 17.6 Å². The Morgan fingerprint density at radius 2 is 1.97 bits per heavy atom. The summed E-state index contributed by atoms with van der Waals surface area (Å²) in [7, 11) is 1.37. The number of nitrogens with zero attached hydrogens (tertiary/aromatic N) is 4. The summed E-state index contributed by atoms with van der Waals surface area (Å²) >= 11 is 0. The second-order valence-corrected chi connectivity index (χ2v) is 7.96. The maximum absolute atomic E-state index is 13.7. The first-order valence-corrected chi connectivity index (χ1v) is 10.4. The minimum Gasteiger partial charge on any atom is -0.480 e. The molecule has 3 N–H and O–H groups in total. The van der Waals surface area contributed by atoms with E-state index in [9.17, 15) is 18.0 Å². The molecule has 2 atom stereocenters. The number of fused-ring (bicyclic) bond motifs is 1. The van der Waals surface area contributed by atoms with Crippen molar-refractivity contribution in [1.29, 1.82) is 0 Å². The van der Waals surface area contributed by atoms with E-state index in [1.807, 2.05) is 30.3 Å². The van der Waals surface area contributed by atoms with Crippen molar-refractivity contribution in [3.8, 4) is 17.1 Å². The second-order valence-electron chi connectivity index (χ2n) is 7.96. The van der Waals surface area contributed by atoms with Gasteiger partial charge in [0.25, 0.3) is 5.91 Å². The summed E-state index contributed by atoms with van der Waals surface area (Å²) in [5.74, 6) is -0.477. The SMILES string of the molecule is COc1ncc(-c2cc(C(F)(F)F)c3c(N)ncnn23)cc1C(=O)N[C@H]1CC1c1ccccc1. The molecule has 3 heterocycles. The monoisotopic (exact) mass is 468 g/mol. The van der Waals surface area contributed by atoms with E-state index in [4.69, 9.17) is 10.5 Å². The predicted octanol–water partition coefficient (Wildman–Crippen LogP) is 3.69. The number of nitrogen functional groups attached to an aromatic ring is 1. The Balaban J connectivity index is 1.50. The van der Waals surface area contributed by atoms with Crippen molar-refractivity contribution < 1.29 is 22.7 Å². The van der Waals surface area contributed by atoms with Gasteiger partial charge in [-0.05, 0) is 24.1 Å². The van der Waals surface area contributed by atoms with E-state index >= 15 is 0 Å². The van der Waals surface area contributed by atoms with Gasteiger partial charge >= 0.3 is 6.18 Å². The molecular formula is C23H19F3N6O2. The van der Waals surface area contributed by atoms with Crippen molar-refractivity contribution in [3.05, 3.63) is 71.7 Å². The highest BCUT2D eigenvalue weighted by atomic mass is 19.4. The van der Waals surface area contributed by atoms with Gasteiger partial charge in [-0.3, -0.25) is 4.79 Å². The van der Waals surface area contributed by atoms with Crippen LogP contribution in [0.4, 0.5) is 19.0 Å². The zero-order valence-corrected chi connectivity index (χ0v) is 17.9. The number of carbonyl (C=O) groups is 1. The van der Waals surface area contributed by atoms with Gasteiger partial charge in [0, 0.05) is 23.7 Å². The molecule has 34 heavy (non-hydrogen) atoms. The Hall–Kier alpha value is -4.15. The second kappa shape index (κ2) is 8.01. The third kappa shape index (κ3) is 3.78. The lowest BCUT2D eigenvalue weighted by Gasteiger charge is -2.11. The summed E-state index contributed by atoms with van der Waals surface area (Å²) in [5, 5.41) is 6.89. The Morgan fingerprint density at radius 3 is 2.68 bits per heavy atom. The highest BCUT2D eigenvalue weighted by Gasteiger charge is 2.40. The summed E-state index contributed by atoms with van der Waals surface area (Å²) in [6, 6.07) is 12.1. The number of nitrogens with two attached hydrogens (primary N) is 1. The fraction of sp³-hybridized carbons (Fsp3) is 0.217. The van der Waals surface area contributed by atoms with Gasteiger partial charge in [-0.25, -0.2) is 14.5 Å². The lowest BCUT2D eigenvalue weighted by molar-refractivity contribution is -0.136. The number of aromatic nitrogens is 4. The average molecular weight is 468 g/mol. The Morgan fingerprint density at radius 1 is 1.21 bits per heavy atom. The van der Waals surface area contributed by atoms with E-state index in [-0.39, 0.29) is 46.0 Å². The summed E-state index contributed by atoms with van der Waals surface area (Å²) < 4.78 is 47.2. The first-order chi connectivity index (χ1) is 16.3. The third-order valence-electron chi connectivity index (χ3n) is 5.81. The number of benzene rings is 1. The predicted molar refractivity (Wildman–Crippen MR) is 117 cm³/mol. The number of alkyl halides is 3. The topological polar surface area (TPSA) is 107 Å². The van der Waals surface area contributed by atoms with Crippen molar-refractivity contribution in [2.45, 2.75) is 24.6 Å². The molecule has 4 aromatic rings. The number of methoxy groups -OCH3 is 1. The van der Waals surface area contributed by atoms with Crippen LogP contribution in [0.2, 0.25) is 0 Å². The lowest BCUT2D eigenvalue weighted by atomic mass is 10.1. The molecule has 1 aliphatic rings. The number of anilines is 1. The smallest absolute Gasteiger partial charge is 0.418 e. The highest BCUT2D eigenvalue weighted by molar-refractivity contribution is 5.98. The maximum Gasteiger partial charge on any atom is 0.418 e. The van der Waals surface area contributed by atoms with Crippen molar-refractivity contribution in [2.24, 2.45) is 0 Å². The third-order valence-corrected chi connectivity index (χ3v) is 5.81. The molecule has 0 spiro atoms. The van der Waals surface area contributed by atoms with Crippen molar-refractivity contribution >= 4 is 17.2 Å². The maximum atomic E-state index is 13.7. The molecule has 1 aromatic carbocycles. The van der Waals surface area contributed by atoms with Crippen LogP contribution in [0, 0.1) is 0 Å². The number of halogens is 3. The molecule has 1 fully saturated rings. The summed E-state index contributed by atoms with van der Waals surface area (Å²) in [6.07, 6.45) is -1.51. The molecule has 174 valence electrons. The van der Waals surface area contributed by atoms with Gasteiger partial charge in [0.1, 0.15) is 17.4 Å². The number of nitrogens with one attached hydrogen (secondary N) is 1. The van der Waals surface area contributed by atoms with Gasteiger partial charge in [0.15, 0.2) is 5.82 Å². The molecule has 5 rings (SSSR count). The molecule has 3 aromatic heterocycles. The quantitative estimate of drug-likeness (QED) is 0.463. The van der Waals surface area contributed by atoms with E-state index in [2.05, 4.69) is 20.4 Å². The van der Waals surface area contributed by atoms with Gasteiger partial charge in [-0.1, -0.05) is 30.3 Å². The van der Waals surface area contributed by atoms with E-state index in [1.165, 1.54) is 19.4 Å². The molecule has 1 unspecified atom stereocenters. The van der Waals surface area contributed by atoms with Crippen LogP contribution in [0.25, 0.3) is 16.8 Å². The van der Waals surface area contributed by atoms with Gasteiger partial charge in [0.2, 0.25) is 5.88 Å². The lowest BCUT2D eigenvalue weighted by Crippen LogP contribution is -2.27. The largest absolute Gasteiger partial charge is 0.480 e. The normalized spacial score (nSPS) is 17.5. The van der Waals surface area contributed by atoms with Crippen molar-refractivity contribution in [1.82, 2.24) is 24.9 Å². The highest BCUT2D eigenvalue weighted by Crippen LogP contribution is 2.41. The number of carbonyl (C=O) groups excluding carboxylic acids is 1. The number of hydrogen-bond donors (Lipinski definition) is 2. The van der Waals surface area contributed by atoms with Crippen LogP contribution in [0.5, 0.6) is 5.88 Å². The minimum atomic E-state index is -4.68. The Kier molecular flexibility index (Phi) is 5.11. The molecule has 1 amide bonds. The van der Waals surface area contributed by atoms with Gasteiger partial charge in [-0.15, -0.1) is 0 Å². The first-order valence-electron chi connectivity index (χ1n) is 10.4.